The highest BCUT2D eigenvalue weighted by molar-refractivity contribution is 7.21. The molecule has 0 spiro atoms. The van der Waals surface area contributed by atoms with Gasteiger partial charge in [0.25, 0.3) is 0 Å². The molecule has 3 aromatic carbocycles. The molecule has 1 N–H and O–H groups in total. The second-order valence-electron chi connectivity index (χ2n) is 6.97. The number of hydrogen-bond acceptors (Lipinski definition) is 4. The Kier molecular flexibility index (Phi) is 5.62. The zero-order valence-corrected chi connectivity index (χ0v) is 17.7. The van der Waals surface area contributed by atoms with E-state index in [0.29, 0.717) is 5.02 Å². The van der Waals surface area contributed by atoms with Gasteiger partial charge in [-0.15, -0.1) is 11.3 Å². The van der Waals surface area contributed by atoms with Gasteiger partial charge in [-0.25, -0.2) is 4.98 Å². The summed E-state index contributed by atoms with van der Waals surface area (Å²) in [4.78, 5) is 19.6. The first-order valence-corrected chi connectivity index (χ1v) is 10.4. The summed E-state index contributed by atoms with van der Waals surface area (Å²) >= 11 is 7.63. The van der Waals surface area contributed by atoms with Crippen LogP contribution in [0.1, 0.15) is 11.6 Å². The standard InChI is InChI=1S/C23H20ClN3OS/c1-27(2)21(15-10-12-17(24)13-11-15)22(28)25-18-7-5-6-16(14-18)23-26-19-8-3-4-9-20(19)29-23/h3-14,21H,1-2H3,(H,25,28)/t21-/m1/s1. The molecule has 0 unspecified atom stereocenters. The van der Waals surface area contributed by atoms with Gasteiger partial charge in [0.05, 0.1) is 10.2 Å². The zero-order chi connectivity index (χ0) is 20.4. The van der Waals surface area contributed by atoms with Crippen LogP contribution in [-0.4, -0.2) is 29.9 Å². The summed E-state index contributed by atoms with van der Waals surface area (Å²) in [6.45, 7) is 0. The summed E-state index contributed by atoms with van der Waals surface area (Å²) in [7, 11) is 3.77. The summed E-state index contributed by atoms with van der Waals surface area (Å²) in [5, 5.41) is 4.63. The third kappa shape index (κ3) is 4.32. The number of benzene rings is 3. The molecular formula is C23H20ClN3OS. The van der Waals surface area contributed by atoms with Gasteiger partial charge in [-0.05, 0) is 56.1 Å². The minimum Gasteiger partial charge on any atom is -0.324 e. The van der Waals surface area contributed by atoms with Crippen molar-refractivity contribution in [3.8, 4) is 10.6 Å². The van der Waals surface area contributed by atoms with Crippen molar-refractivity contribution in [2.24, 2.45) is 0 Å². The van der Waals surface area contributed by atoms with Crippen LogP contribution in [0.25, 0.3) is 20.8 Å². The van der Waals surface area contributed by atoms with E-state index in [9.17, 15) is 4.79 Å². The summed E-state index contributed by atoms with van der Waals surface area (Å²) in [5.41, 5.74) is 3.60. The third-order valence-electron chi connectivity index (χ3n) is 4.62. The van der Waals surface area contributed by atoms with E-state index >= 15 is 0 Å². The molecule has 0 aliphatic rings. The zero-order valence-electron chi connectivity index (χ0n) is 16.1. The number of carbonyl (C=O) groups is 1. The largest absolute Gasteiger partial charge is 0.324 e. The van der Waals surface area contributed by atoms with Gasteiger partial charge in [0.15, 0.2) is 0 Å². The fourth-order valence-electron chi connectivity index (χ4n) is 3.27. The summed E-state index contributed by atoms with van der Waals surface area (Å²) in [6.07, 6.45) is 0. The molecule has 1 amide bonds. The average Bonchev–Trinajstić information content (AvgIpc) is 3.14. The van der Waals surface area contributed by atoms with E-state index in [0.717, 1.165) is 32.0 Å². The van der Waals surface area contributed by atoms with Crippen LogP contribution in [0.5, 0.6) is 0 Å². The topological polar surface area (TPSA) is 45.2 Å². The SMILES string of the molecule is CN(C)[C@@H](C(=O)Nc1cccc(-c2nc3ccccc3s2)c1)c1ccc(Cl)cc1. The molecule has 1 heterocycles. The number of thiazole rings is 1. The second kappa shape index (κ2) is 8.33. The molecule has 0 saturated heterocycles. The molecule has 0 fully saturated rings. The molecule has 4 aromatic rings. The molecule has 4 rings (SSSR count). The van der Waals surface area contributed by atoms with E-state index in [-0.39, 0.29) is 5.91 Å². The van der Waals surface area contributed by atoms with E-state index in [1.54, 1.807) is 23.5 Å². The summed E-state index contributed by atoms with van der Waals surface area (Å²) in [6, 6.07) is 22.8. The lowest BCUT2D eigenvalue weighted by atomic mass is 10.0. The summed E-state index contributed by atoms with van der Waals surface area (Å²) < 4.78 is 1.15. The summed E-state index contributed by atoms with van der Waals surface area (Å²) in [5.74, 6) is -0.0984. The first-order chi connectivity index (χ1) is 14.0. The predicted octanol–water partition coefficient (Wildman–Crippen LogP) is 5.86. The van der Waals surface area contributed by atoms with Crippen molar-refractivity contribution in [3.05, 3.63) is 83.4 Å². The lowest BCUT2D eigenvalue weighted by molar-refractivity contribution is -0.120. The maximum absolute atomic E-state index is 13.0. The van der Waals surface area contributed by atoms with Crippen LogP contribution in [0.4, 0.5) is 5.69 Å². The van der Waals surface area contributed by atoms with Gasteiger partial charge in [0.1, 0.15) is 11.0 Å². The number of carbonyl (C=O) groups excluding carboxylic acids is 1. The highest BCUT2D eigenvalue weighted by Crippen LogP contribution is 2.31. The van der Waals surface area contributed by atoms with Crippen LogP contribution in [0.15, 0.2) is 72.8 Å². The smallest absolute Gasteiger partial charge is 0.246 e. The Morgan fingerprint density at radius 1 is 1.03 bits per heavy atom. The molecule has 146 valence electrons. The molecule has 0 radical (unpaired) electrons. The first kappa shape index (κ1) is 19.6. The quantitative estimate of drug-likeness (QED) is 0.439. The van der Waals surface area contributed by atoms with Crippen molar-refractivity contribution in [1.29, 1.82) is 0 Å². The van der Waals surface area contributed by atoms with E-state index in [2.05, 4.69) is 11.4 Å². The number of fused-ring (bicyclic) bond motifs is 1. The van der Waals surface area contributed by atoms with Crippen molar-refractivity contribution in [3.63, 3.8) is 0 Å². The number of hydrogen-bond donors (Lipinski definition) is 1. The van der Waals surface area contributed by atoms with Gasteiger partial charge < -0.3 is 5.32 Å². The molecule has 0 aliphatic carbocycles. The van der Waals surface area contributed by atoms with Gasteiger partial charge in [0, 0.05) is 16.3 Å². The van der Waals surface area contributed by atoms with E-state index in [1.165, 1.54) is 0 Å². The third-order valence-corrected chi connectivity index (χ3v) is 5.96. The van der Waals surface area contributed by atoms with Gasteiger partial charge in [-0.2, -0.15) is 0 Å². The number of para-hydroxylation sites is 1. The van der Waals surface area contributed by atoms with Gasteiger partial charge in [-0.3, -0.25) is 9.69 Å². The van der Waals surface area contributed by atoms with Crippen molar-refractivity contribution in [2.75, 3.05) is 19.4 Å². The van der Waals surface area contributed by atoms with Crippen LogP contribution in [0.3, 0.4) is 0 Å². The molecular weight excluding hydrogens is 402 g/mol. The van der Waals surface area contributed by atoms with Crippen LogP contribution in [0, 0.1) is 0 Å². The molecule has 29 heavy (non-hydrogen) atoms. The first-order valence-electron chi connectivity index (χ1n) is 9.20. The Hall–Kier alpha value is -2.73. The van der Waals surface area contributed by atoms with Gasteiger partial charge in [-0.1, -0.05) is 48.0 Å². The van der Waals surface area contributed by atoms with E-state index < -0.39 is 6.04 Å². The van der Waals surface area contributed by atoms with Crippen LogP contribution < -0.4 is 5.32 Å². The van der Waals surface area contributed by atoms with Crippen LogP contribution >= 0.6 is 22.9 Å². The van der Waals surface area contributed by atoms with E-state index in [1.807, 2.05) is 73.6 Å². The molecule has 1 atom stereocenters. The number of aromatic nitrogens is 1. The number of likely N-dealkylation sites (N-methyl/N-ethyl adjacent to an activating group) is 1. The minimum absolute atomic E-state index is 0.0984. The minimum atomic E-state index is -0.418. The highest BCUT2D eigenvalue weighted by atomic mass is 35.5. The number of rotatable bonds is 5. The number of amides is 1. The average molecular weight is 422 g/mol. The van der Waals surface area contributed by atoms with Crippen molar-refractivity contribution in [1.82, 2.24) is 9.88 Å². The maximum Gasteiger partial charge on any atom is 0.246 e. The Bertz CT molecular complexity index is 1120. The van der Waals surface area contributed by atoms with Crippen LogP contribution in [-0.2, 0) is 4.79 Å². The normalized spacial score (nSPS) is 12.3. The predicted molar refractivity (Wildman–Crippen MR) is 122 cm³/mol. The number of halogens is 1. The van der Waals surface area contributed by atoms with Crippen LogP contribution in [0.2, 0.25) is 5.02 Å². The monoisotopic (exact) mass is 421 g/mol. The van der Waals surface area contributed by atoms with Crippen molar-refractivity contribution in [2.45, 2.75) is 6.04 Å². The number of nitrogens with zero attached hydrogens (tertiary/aromatic N) is 2. The van der Waals surface area contributed by atoms with E-state index in [4.69, 9.17) is 16.6 Å². The lowest BCUT2D eigenvalue weighted by Crippen LogP contribution is -2.32. The Morgan fingerprint density at radius 3 is 2.52 bits per heavy atom. The second-order valence-corrected chi connectivity index (χ2v) is 8.44. The lowest BCUT2D eigenvalue weighted by Gasteiger charge is -2.24. The Labute approximate surface area is 178 Å². The van der Waals surface area contributed by atoms with Crippen molar-refractivity contribution < 1.29 is 4.79 Å². The fraction of sp³-hybridized carbons (Fsp3) is 0.130. The maximum atomic E-state index is 13.0. The molecule has 0 saturated carbocycles. The Morgan fingerprint density at radius 2 is 1.79 bits per heavy atom. The number of anilines is 1. The Balaban J connectivity index is 1.59. The number of nitrogens with one attached hydrogen (secondary N) is 1. The highest BCUT2D eigenvalue weighted by Gasteiger charge is 2.23. The molecule has 1 aromatic heterocycles. The molecule has 6 heteroatoms. The fourth-order valence-corrected chi connectivity index (χ4v) is 4.35. The molecule has 4 nitrogen and oxygen atoms in total. The van der Waals surface area contributed by atoms with Gasteiger partial charge >= 0.3 is 0 Å². The molecule has 0 aliphatic heterocycles. The van der Waals surface area contributed by atoms with Crippen molar-refractivity contribution >= 4 is 44.7 Å². The molecule has 0 bridgehead atoms. The van der Waals surface area contributed by atoms with Gasteiger partial charge in [0.2, 0.25) is 5.91 Å².